The molecule has 0 bridgehead atoms. The van der Waals surface area contributed by atoms with Gasteiger partial charge in [0, 0.05) is 18.9 Å². The maximum Gasteiger partial charge on any atom is 0.253 e. The fourth-order valence-corrected chi connectivity index (χ4v) is 2.71. The summed E-state index contributed by atoms with van der Waals surface area (Å²) in [6, 6.07) is 19.4. The van der Waals surface area contributed by atoms with Crippen molar-refractivity contribution in [2.45, 2.75) is 26.3 Å². The zero-order valence-corrected chi connectivity index (χ0v) is 14.8. The van der Waals surface area contributed by atoms with E-state index in [1.807, 2.05) is 42.5 Å². The number of pyridine rings is 1. The zero-order chi connectivity index (χ0) is 18.2. The molecule has 0 spiro atoms. The number of para-hydroxylation sites is 1. The Morgan fingerprint density at radius 2 is 1.96 bits per heavy atom. The van der Waals surface area contributed by atoms with Crippen LogP contribution in [0.5, 0.6) is 11.5 Å². The van der Waals surface area contributed by atoms with Crippen LogP contribution in [0.15, 0.2) is 73.1 Å². The summed E-state index contributed by atoms with van der Waals surface area (Å²) < 4.78 is 6.07. The second-order valence-electron chi connectivity index (χ2n) is 6.03. The van der Waals surface area contributed by atoms with E-state index >= 15 is 0 Å². The third-order valence-corrected chi connectivity index (χ3v) is 3.99. The van der Waals surface area contributed by atoms with E-state index in [0.717, 1.165) is 29.9 Å². The van der Waals surface area contributed by atoms with E-state index in [1.165, 1.54) is 5.56 Å². The molecule has 1 amide bonds. The maximum absolute atomic E-state index is 12.1. The predicted molar refractivity (Wildman–Crippen MR) is 102 cm³/mol. The van der Waals surface area contributed by atoms with Gasteiger partial charge in [0.05, 0.1) is 5.56 Å². The Labute approximate surface area is 153 Å². The lowest BCUT2D eigenvalue weighted by atomic mass is 10.1. The van der Waals surface area contributed by atoms with Crippen molar-refractivity contribution in [3.63, 3.8) is 0 Å². The van der Waals surface area contributed by atoms with Crippen LogP contribution in [0.2, 0.25) is 0 Å². The molecule has 0 radical (unpaired) electrons. The minimum atomic E-state index is -0.141. The maximum atomic E-state index is 12.1. The lowest BCUT2D eigenvalue weighted by molar-refractivity contribution is 0.0950. The standard InChI is InChI=1S/C22H22N2O2/c1-2-7-18-9-3-4-12-21(18)26-20-11-5-8-17(14-20)15-24-22(25)19-10-6-13-23-16-19/h3-6,8-14,16H,2,7,15H2,1H3,(H,24,25). The van der Waals surface area contributed by atoms with Crippen LogP contribution in [0, 0.1) is 0 Å². The number of amides is 1. The number of hydrogen-bond donors (Lipinski definition) is 1. The Kier molecular flexibility index (Phi) is 5.99. The van der Waals surface area contributed by atoms with Crippen molar-refractivity contribution < 1.29 is 9.53 Å². The monoisotopic (exact) mass is 346 g/mol. The van der Waals surface area contributed by atoms with Crippen LogP contribution >= 0.6 is 0 Å². The summed E-state index contributed by atoms with van der Waals surface area (Å²) >= 11 is 0. The number of nitrogens with one attached hydrogen (secondary N) is 1. The predicted octanol–water partition coefficient (Wildman–Crippen LogP) is 4.76. The van der Waals surface area contributed by atoms with Crippen LogP contribution in [0.25, 0.3) is 0 Å². The summed E-state index contributed by atoms with van der Waals surface area (Å²) in [6.07, 6.45) is 5.26. The van der Waals surface area contributed by atoms with Gasteiger partial charge in [-0.3, -0.25) is 9.78 Å². The van der Waals surface area contributed by atoms with Crippen LogP contribution in [0.4, 0.5) is 0 Å². The third-order valence-electron chi connectivity index (χ3n) is 3.99. The first-order valence-corrected chi connectivity index (χ1v) is 8.79. The summed E-state index contributed by atoms with van der Waals surface area (Å²) in [5, 5.41) is 2.90. The molecule has 4 heteroatoms. The minimum Gasteiger partial charge on any atom is -0.457 e. The summed E-state index contributed by atoms with van der Waals surface area (Å²) in [5.74, 6) is 1.50. The molecule has 3 rings (SSSR count). The molecule has 0 saturated heterocycles. The van der Waals surface area contributed by atoms with Gasteiger partial charge in [-0.05, 0) is 47.9 Å². The average Bonchev–Trinajstić information content (AvgIpc) is 2.69. The molecule has 0 aliphatic carbocycles. The van der Waals surface area contributed by atoms with Crippen molar-refractivity contribution >= 4 is 5.91 Å². The van der Waals surface area contributed by atoms with E-state index in [9.17, 15) is 4.79 Å². The summed E-state index contributed by atoms with van der Waals surface area (Å²) in [6.45, 7) is 2.59. The van der Waals surface area contributed by atoms with E-state index in [0.29, 0.717) is 12.1 Å². The molecule has 0 aliphatic rings. The molecular weight excluding hydrogens is 324 g/mol. The van der Waals surface area contributed by atoms with Gasteiger partial charge in [0.15, 0.2) is 0 Å². The van der Waals surface area contributed by atoms with Crippen molar-refractivity contribution in [3.8, 4) is 11.5 Å². The van der Waals surface area contributed by atoms with Gasteiger partial charge in [-0.15, -0.1) is 0 Å². The molecule has 1 aromatic heterocycles. The quantitative estimate of drug-likeness (QED) is 0.671. The number of carbonyl (C=O) groups excluding carboxylic acids is 1. The molecule has 2 aromatic carbocycles. The largest absolute Gasteiger partial charge is 0.457 e. The first-order chi connectivity index (χ1) is 12.8. The zero-order valence-electron chi connectivity index (χ0n) is 14.8. The van der Waals surface area contributed by atoms with Crippen molar-refractivity contribution in [2.24, 2.45) is 0 Å². The molecule has 0 aliphatic heterocycles. The van der Waals surface area contributed by atoms with Crippen LogP contribution < -0.4 is 10.1 Å². The molecular formula is C22H22N2O2. The number of rotatable bonds is 7. The molecule has 132 valence electrons. The average molecular weight is 346 g/mol. The molecule has 3 aromatic rings. The van der Waals surface area contributed by atoms with Crippen LogP contribution in [-0.2, 0) is 13.0 Å². The summed E-state index contributed by atoms with van der Waals surface area (Å²) in [4.78, 5) is 16.1. The van der Waals surface area contributed by atoms with Gasteiger partial charge in [-0.1, -0.05) is 43.7 Å². The summed E-state index contributed by atoms with van der Waals surface area (Å²) in [7, 11) is 0. The van der Waals surface area contributed by atoms with Gasteiger partial charge >= 0.3 is 0 Å². The topological polar surface area (TPSA) is 51.2 Å². The van der Waals surface area contributed by atoms with Gasteiger partial charge in [0.2, 0.25) is 0 Å². The van der Waals surface area contributed by atoms with Crippen LogP contribution in [0.3, 0.4) is 0 Å². The molecule has 0 atom stereocenters. The molecule has 1 heterocycles. The first-order valence-electron chi connectivity index (χ1n) is 8.79. The molecule has 26 heavy (non-hydrogen) atoms. The first kappa shape index (κ1) is 17.7. The van der Waals surface area contributed by atoms with Gasteiger partial charge in [-0.2, -0.15) is 0 Å². The SMILES string of the molecule is CCCc1ccccc1Oc1cccc(CNC(=O)c2cccnc2)c1. The molecule has 0 unspecified atom stereocenters. The molecule has 4 nitrogen and oxygen atoms in total. The van der Waals surface area contributed by atoms with Gasteiger partial charge in [0.1, 0.15) is 11.5 Å². The third kappa shape index (κ3) is 4.70. The number of benzene rings is 2. The van der Waals surface area contributed by atoms with Crippen molar-refractivity contribution in [2.75, 3.05) is 0 Å². The van der Waals surface area contributed by atoms with E-state index < -0.39 is 0 Å². The summed E-state index contributed by atoms with van der Waals surface area (Å²) in [5.41, 5.74) is 2.73. The second kappa shape index (κ2) is 8.81. The van der Waals surface area contributed by atoms with E-state index in [2.05, 4.69) is 23.3 Å². The Hall–Kier alpha value is -3.14. The van der Waals surface area contributed by atoms with Crippen molar-refractivity contribution in [1.82, 2.24) is 10.3 Å². The number of carbonyl (C=O) groups is 1. The van der Waals surface area contributed by atoms with Gasteiger partial charge in [-0.25, -0.2) is 0 Å². The number of aromatic nitrogens is 1. The van der Waals surface area contributed by atoms with Gasteiger partial charge < -0.3 is 10.1 Å². The highest BCUT2D eigenvalue weighted by Crippen LogP contribution is 2.26. The number of hydrogen-bond acceptors (Lipinski definition) is 3. The lowest BCUT2D eigenvalue weighted by Crippen LogP contribution is -2.22. The highest BCUT2D eigenvalue weighted by Gasteiger charge is 2.07. The van der Waals surface area contributed by atoms with Gasteiger partial charge in [0.25, 0.3) is 5.91 Å². The van der Waals surface area contributed by atoms with Crippen molar-refractivity contribution in [1.29, 1.82) is 0 Å². The highest BCUT2D eigenvalue weighted by molar-refractivity contribution is 5.93. The van der Waals surface area contributed by atoms with Crippen LogP contribution in [0.1, 0.15) is 34.8 Å². The molecule has 1 N–H and O–H groups in total. The van der Waals surface area contributed by atoms with E-state index in [1.54, 1.807) is 24.5 Å². The van der Waals surface area contributed by atoms with Crippen molar-refractivity contribution in [3.05, 3.63) is 89.7 Å². The normalized spacial score (nSPS) is 10.3. The van der Waals surface area contributed by atoms with E-state index in [4.69, 9.17) is 4.74 Å². The second-order valence-corrected chi connectivity index (χ2v) is 6.03. The number of aryl methyl sites for hydroxylation is 1. The molecule has 0 fully saturated rings. The minimum absolute atomic E-state index is 0.141. The fraction of sp³-hybridized carbons (Fsp3) is 0.182. The Morgan fingerprint density at radius 3 is 2.77 bits per heavy atom. The highest BCUT2D eigenvalue weighted by atomic mass is 16.5. The smallest absolute Gasteiger partial charge is 0.253 e. The Balaban J connectivity index is 1.66. The molecule has 0 saturated carbocycles. The lowest BCUT2D eigenvalue weighted by Gasteiger charge is -2.12. The van der Waals surface area contributed by atoms with Crippen LogP contribution in [-0.4, -0.2) is 10.9 Å². The Bertz CT molecular complexity index is 863. The number of ether oxygens (including phenoxy) is 1. The van der Waals surface area contributed by atoms with E-state index in [-0.39, 0.29) is 5.91 Å². The fourth-order valence-electron chi connectivity index (χ4n) is 2.71. The Morgan fingerprint density at radius 1 is 1.08 bits per heavy atom. The number of nitrogens with zero attached hydrogens (tertiary/aromatic N) is 1.